The molecule has 0 unspecified atom stereocenters. The predicted molar refractivity (Wildman–Crippen MR) is 96.2 cm³/mol. The smallest absolute Gasteiger partial charge is 0.387 e. The third kappa shape index (κ3) is 6.00. The lowest BCUT2D eigenvalue weighted by molar-refractivity contribution is -0.120. The highest BCUT2D eigenvalue weighted by molar-refractivity contribution is 6.34. The van der Waals surface area contributed by atoms with Crippen LogP contribution in [0.1, 0.15) is 16.7 Å². The average molecular weight is 383 g/mol. The maximum absolute atomic E-state index is 12.1. The van der Waals surface area contributed by atoms with Crippen LogP contribution in [0.15, 0.2) is 41.6 Å². The van der Waals surface area contributed by atoms with E-state index in [-0.39, 0.29) is 12.4 Å². The first-order valence-corrected chi connectivity index (χ1v) is 8.00. The summed E-state index contributed by atoms with van der Waals surface area (Å²) in [6.07, 6.45) is 1.35. The number of oxime groups is 1. The Bertz CT molecular complexity index is 773. The molecule has 1 N–H and O–H groups in total. The molecule has 26 heavy (non-hydrogen) atoms. The van der Waals surface area contributed by atoms with Crippen LogP contribution in [-0.2, 0) is 9.63 Å². The Labute approximate surface area is 154 Å². The molecular formula is C18H17ClF2N2O3. The lowest BCUT2D eigenvalue weighted by Gasteiger charge is -2.11. The van der Waals surface area contributed by atoms with Crippen LogP contribution in [0.3, 0.4) is 0 Å². The highest BCUT2D eigenvalue weighted by Crippen LogP contribution is 2.27. The molecular weight excluding hydrogens is 366 g/mol. The topological polar surface area (TPSA) is 59.9 Å². The second-order valence-electron chi connectivity index (χ2n) is 5.44. The molecule has 0 aromatic heterocycles. The van der Waals surface area contributed by atoms with E-state index in [1.165, 1.54) is 30.5 Å². The van der Waals surface area contributed by atoms with Gasteiger partial charge in [0.1, 0.15) is 5.75 Å². The van der Waals surface area contributed by atoms with Gasteiger partial charge < -0.3 is 14.9 Å². The van der Waals surface area contributed by atoms with Gasteiger partial charge in [0.2, 0.25) is 0 Å². The molecule has 0 heterocycles. The molecule has 5 nitrogen and oxygen atoms in total. The molecule has 0 saturated carbocycles. The van der Waals surface area contributed by atoms with E-state index in [1.54, 1.807) is 6.07 Å². The summed E-state index contributed by atoms with van der Waals surface area (Å²) in [4.78, 5) is 16.8. The third-order valence-electron chi connectivity index (χ3n) is 3.27. The summed E-state index contributed by atoms with van der Waals surface area (Å²) in [5.74, 6) is -0.362. The fraction of sp³-hybridized carbons (Fsp3) is 0.222. The van der Waals surface area contributed by atoms with Crippen molar-refractivity contribution in [2.24, 2.45) is 5.16 Å². The molecule has 2 aromatic carbocycles. The molecule has 0 fully saturated rings. The minimum Gasteiger partial charge on any atom is -0.435 e. The van der Waals surface area contributed by atoms with Gasteiger partial charge in [0.05, 0.1) is 16.9 Å². The number of aryl methyl sites for hydroxylation is 2. The van der Waals surface area contributed by atoms with Gasteiger partial charge in [-0.25, -0.2) is 0 Å². The largest absolute Gasteiger partial charge is 0.435 e. The van der Waals surface area contributed by atoms with Crippen LogP contribution in [0.2, 0.25) is 5.02 Å². The zero-order valence-electron chi connectivity index (χ0n) is 14.1. The molecule has 2 rings (SSSR count). The van der Waals surface area contributed by atoms with Gasteiger partial charge in [0.15, 0.2) is 6.61 Å². The molecule has 0 bridgehead atoms. The van der Waals surface area contributed by atoms with Crippen LogP contribution < -0.4 is 10.1 Å². The van der Waals surface area contributed by atoms with Crippen LogP contribution in [-0.4, -0.2) is 25.3 Å². The molecule has 0 aliphatic heterocycles. The zero-order chi connectivity index (χ0) is 19.1. The Morgan fingerprint density at radius 1 is 1.27 bits per heavy atom. The van der Waals surface area contributed by atoms with Crippen molar-refractivity contribution in [3.8, 4) is 5.75 Å². The van der Waals surface area contributed by atoms with E-state index in [4.69, 9.17) is 16.4 Å². The van der Waals surface area contributed by atoms with Crippen LogP contribution in [0.25, 0.3) is 0 Å². The highest BCUT2D eigenvalue weighted by atomic mass is 35.5. The van der Waals surface area contributed by atoms with Gasteiger partial charge in [-0.3, -0.25) is 4.79 Å². The van der Waals surface area contributed by atoms with Crippen molar-refractivity contribution in [1.82, 2.24) is 0 Å². The summed E-state index contributed by atoms with van der Waals surface area (Å²) in [5.41, 5.74) is 2.98. The van der Waals surface area contributed by atoms with Gasteiger partial charge in [0.25, 0.3) is 5.91 Å². The molecule has 2 aromatic rings. The number of rotatable bonds is 7. The Morgan fingerprint density at radius 2 is 1.96 bits per heavy atom. The standard InChI is InChI=1S/C18H17ClF2N2O3/c1-11-7-12(2)17(15(19)8-11)23-16(24)10-25-22-9-13-3-5-14(6-4-13)26-18(20)21/h3-9,18H,10H2,1-2H3,(H,23,24)/b22-9+. The number of nitrogens with zero attached hydrogens (tertiary/aromatic N) is 1. The number of carbonyl (C=O) groups excluding carboxylic acids is 1. The normalized spacial score (nSPS) is 11.0. The number of carbonyl (C=O) groups is 1. The number of nitrogens with one attached hydrogen (secondary N) is 1. The Balaban J connectivity index is 1.84. The summed E-state index contributed by atoms with van der Waals surface area (Å²) in [5, 5.41) is 6.79. The molecule has 0 spiro atoms. The zero-order valence-corrected chi connectivity index (χ0v) is 14.9. The van der Waals surface area contributed by atoms with E-state index in [0.717, 1.165) is 11.1 Å². The highest BCUT2D eigenvalue weighted by Gasteiger charge is 2.09. The Hall–Kier alpha value is -2.67. The van der Waals surface area contributed by atoms with Gasteiger partial charge in [-0.05, 0) is 60.9 Å². The Morgan fingerprint density at radius 3 is 2.58 bits per heavy atom. The summed E-state index contributed by atoms with van der Waals surface area (Å²) < 4.78 is 28.3. The van der Waals surface area contributed by atoms with E-state index in [0.29, 0.717) is 16.3 Å². The fourth-order valence-electron chi connectivity index (χ4n) is 2.18. The van der Waals surface area contributed by atoms with Crippen molar-refractivity contribution < 1.29 is 23.1 Å². The quantitative estimate of drug-likeness (QED) is 0.564. The predicted octanol–water partition coefficient (Wildman–Crippen LogP) is 4.55. The number of hydrogen-bond donors (Lipinski definition) is 1. The summed E-state index contributed by atoms with van der Waals surface area (Å²) in [6.45, 7) is 0.581. The lowest BCUT2D eigenvalue weighted by atomic mass is 10.1. The van der Waals surface area contributed by atoms with E-state index in [1.807, 2.05) is 19.9 Å². The van der Waals surface area contributed by atoms with E-state index in [2.05, 4.69) is 15.2 Å². The molecule has 8 heteroatoms. The van der Waals surface area contributed by atoms with Crippen molar-refractivity contribution in [3.63, 3.8) is 0 Å². The van der Waals surface area contributed by atoms with Crippen molar-refractivity contribution in [2.75, 3.05) is 11.9 Å². The van der Waals surface area contributed by atoms with Gasteiger partial charge >= 0.3 is 6.61 Å². The third-order valence-corrected chi connectivity index (χ3v) is 3.57. The van der Waals surface area contributed by atoms with Crippen LogP contribution in [0.4, 0.5) is 14.5 Å². The number of alkyl halides is 2. The maximum atomic E-state index is 12.1. The number of hydrogen-bond acceptors (Lipinski definition) is 4. The second kappa shape index (κ2) is 9.15. The molecule has 0 aliphatic rings. The monoisotopic (exact) mass is 382 g/mol. The number of anilines is 1. The van der Waals surface area contributed by atoms with Gasteiger partial charge in [-0.2, -0.15) is 8.78 Å². The number of ether oxygens (including phenoxy) is 1. The van der Waals surface area contributed by atoms with Gasteiger partial charge in [-0.1, -0.05) is 22.8 Å². The summed E-state index contributed by atoms with van der Waals surface area (Å²) >= 11 is 6.12. The lowest BCUT2D eigenvalue weighted by Crippen LogP contribution is -2.18. The van der Waals surface area contributed by atoms with E-state index < -0.39 is 12.5 Å². The summed E-state index contributed by atoms with van der Waals surface area (Å²) in [7, 11) is 0. The minimum absolute atomic E-state index is 0.0443. The number of halogens is 3. The van der Waals surface area contributed by atoms with Crippen molar-refractivity contribution >= 4 is 29.4 Å². The summed E-state index contributed by atoms with van der Waals surface area (Å²) in [6, 6.07) is 9.47. The van der Waals surface area contributed by atoms with Crippen LogP contribution in [0, 0.1) is 13.8 Å². The van der Waals surface area contributed by atoms with Crippen molar-refractivity contribution in [1.29, 1.82) is 0 Å². The molecule has 0 atom stereocenters. The Kier molecular flexibility index (Phi) is 6.91. The van der Waals surface area contributed by atoms with Crippen LogP contribution in [0.5, 0.6) is 5.75 Å². The van der Waals surface area contributed by atoms with Gasteiger partial charge in [0, 0.05) is 0 Å². The number of amides is 1. The maximum Gasteiger partial charge on any atom is 0.387 e. The molecule has 0 aliphatic carbocycles. The van der Waals surface area contributed by atoms with Crippen molar-refractivity contribution in [2.45, 2.75) is 20.5 Å². The molecule has 0 radical (unpaired) electrons. The first kappa shape index (κ1) is 19.7. The first-order valence-electron chi connectivity index (χ1n) is 7.62. The van der Waals surface area contributed by atoms with E-state index in [9.17, 15) is 13.6 Å². The van der Waals surface area contributed by atoms with Crippen molar-refractivity contribution in [3.05, 3.63) is 58.1 Å². The van der Waals surface area contributed by atoms with E-state index >= 15 is 0 Å². The second-order valence-corrected chi connectivity index (χ2v) is 5.85. The number of benzene rings is 2. The molecule has 0 saturated heterocycles. The van der Waals surface area contributed by atoms with Gasteiger partial charge in [-0.15, -0.1) is 0 Å². The SMILES string of the molecule is Cc1cc(C)c(NC(=O)CO/N=C/c2ccc(OC(F)F)cc2)c(Cl)c1. The average Bonchev–Trinajstić information content (AvgIpc) is 2.56. The van der Waals surface area contributed by atoms with Crippen LogP contribution >= 0.6 is 11.6 Å². The molecule has 138 valence electrons. The minimum atomic E-state index is -2.87. The fourth-order valence-corrected chi connectivity index (χ4v) is 2.55. The molecule has 1 amide bonds. The first-order chi connectivity index (χ1) is 12.3.